The van der Waals surface area contributed by atoms with E-state index in [0.717, 1.165) is 114 Å². The van der Waals surface area contributed by atoms with Crippen LogP contribution in [0.4, 0.5) is 0 Å². The third-order valence-corrected chi connectivity index (χ3v) is 20.1. The summed E-state index contributed by atoms with van der Waals surface area (Å²) in [5.74, 6) is 0.947. The summed E-state index contributed by atoms with van der Waals surface area (Å²) in [6.45, 7) is 14.2. The van der Waals surface area contributed by atoms with E-state index in [2.05, 4.69) is 55.4 Å². The number of rotatable bonds is 74. The Kier molecular flexibility index (Phi) is 65.0. The van der Waals surface area contributed by atoms with Gasteiger partial charge >= 0.3 is 39.5 Å². The highest BCUT2D eigenvalue weighted by Crippen LogP contribution is 2.45. The van der Waals surface area contributed by atoms with Crippen molar-refractivity contribution >= 4 is 39.5 Å². The van der Waals surface area contributed by atoms with E-state index in [1.807, 2.05) is 0 Å². The van der Waals surface area contributed by atoms with Crippen molar-refractivity contribution in [1.29, 1.82) is 0 Å². The summed E-state index contributed by atoms with van der Waals surface area (Å²) < 4.78 is 68.5. The zero-order valence-corrected chi connectivity index (χ0v) is 64.8. The van der Waals surface area contributed by atoms with Crippen LogP contribution < -0.4 is 0 Å². The van der Waals surface area contributed by atoms with Gasteiger partial charge in [-0.1, -0.05) is 338 Å². The Hall–Kier alpha value is -1.94. The van der Waals surface area contributed by atoms with Gasteiger partial charge in [0.15, 0.2) is 12.2 Å². The maximum atomic E-state index is 13.1. The lowest BCUT2D eigenvalue weighted by atomic mass is 9.99. The Morgan fingerprint density at radius 2 is 0.500 bits per heavy atom. The third kappa shape index (κ3) is 69.2. The first-order valence-electron chi connectivity index (χ1n) is 39.7. The third-order valence-electron chi connectivity index (χ3n) is 18.2. The summed E-state index contributed by atoms with van der Waals surface area (Å²) in [6.07, 6.45) is 51.4. The number of hydrogen-bond acceptors (Lipinski definition) is 15. The largest absolute Gasteiger partial charge is 0.472 e. The van der Waals surface area contributed by atoms with Crippen LogP contribution in [-0.2, 0) is 65.4 Å². The first-order chi connectivity index (χ1) is 46.1. The Labute approximate surface area is 588 Å². The number of ether oxygens (including phenoxy) is 4. The highest BCUT2D eigenvalue weighted by atomic mass is 31.2. The second-order valence-corrected chi connectivity index (χ2v) is 32.3. The zero-order valence-electron chi connectivity index (χ0n) is 63.0. The summed E-state index contributed by atoms with van der Waals surface area (Å²) in [5.41, 5.74) is 0. The molecule has 0 rings (SSSR count). The van der Waals surface area contributed by atoms with Gasteiger partial charge in [0.05, 0.1) is 26.4 Å². The molecule has 0 aromatic rings. The number of phosphoric ester groups is 2. The van der Waals surface area contributed by atoms with E-state index < -0.39 is 97.5 Å². The summed E-state index contributed by atoms with van der Waals surface area (Å²) in [7, 11) is -9.91. The van der Waals surface area contributed by atoms with Gasteiger partial charge in [0.25, 0.3) is 0 Å². The van der Waals surface area contributed by atoms with Crippen LogP contribution in [0.2, 0.25) is 0 Å². The number of carbonyl (C=O) groups is 4. The Morgan fingerprint density at radius 3 is 0.740 bits per heavy atom. The first kappa shape index (κ1) is 94.1. The van der Waals surface area contributed by atoms with E-state index >= 15 is 0 Å². The fraction of sp³-hybridized carbons (Fsp3) is 0.948. The monoisotopic (exact) mass is 1410 g/mol. The van der Waals surface area contributed by atoms with Crippen LogP contribution in [0.15, 0.2) is 0 Å². The van der Waals surface area contributed by atoms with Crippen molar-refractivity contribution in [2.45, 2.75) is 408 Å². The smallest absolute Gasteiger partial charge is 0.462 e. The highest BCUT2D eigenvalue weighted by molar-refractivity contribution is 7.47. The summed E-state index contributed by atoms with van der Waals surface area (Å²) in [6, 6.07) is 0. The van der Waals surface area contributed by atoms with Gasteiger partial charge < -0.3 is 33.8 Å². The lowest BCUT2D eigenvalue weighted by Crippen LogP contribution is -2.30. The van der Waals surface area contributed by atoms with Gasteiger partial charge in [-0.05, 0) is 49.4 Å². The van der Waals surface area contributed by atoms with Gasteiger partial charge in [-0.3, -0.25) is 37.3 Å². The van der Waals surface area contributed by atoms with Gasteiger partial charge in [-0.25, -0.2) is 9.13 Å². The van der Waals surface area contributed by atoms with Crippen molar-refractivity contribution in [3.05, 3.63) is 0 Å². The molecule has 0 aliphatic carbocycles. The molecule has 0 spiro atoms. The van der Waals surface area contributed by atoms with Crippen molar-refractivity contribution in [1.82, 2.24) is 0 Å². The molecule has 6 atom stereocenters. The minimum absolute atomic E-state index is 0.106. The SMILES string of the molecule is CCC(C)CCCCCCCCCCCCC(=O)O[C@H](COC(=O)CCCCCCCCCCCCCCCCC(C)C)COP(=O)(O)OC[C@@H](O)COP(=O)(O)OC[C@@H](COC(=O)CCCCCCCCC(C)C)OC(=O)CCCCCCCCCCCCCCCC(C)C. The summed E-state index contributed by atoms with van der Waals surface area (Å²) in [5, 5.41) is 10.6. The summed E-state index contributed by atoms with van der Waals surface area (Å²) in [4.78, 5) is 72.8. The molecular formula is C77H150O17P2. The summed E-state index contributed by atoms with van der Waals surface area (Å²) >= 11 is 0. The van der Waals surface area contributed by atoms with Crippen LogP contribution in [0.3, 0.4) is 0 Å². The normalized spacial score (nSPS) is 14.4. The van der Waals surface area contributed by atoms with Crippen LogP contribution in [0, 0.1) is 23.7 Å². The first-order valence-corrected chi connectivity index (χ1v) is 42.7. The molecule has 19 heteroatoms. The zero-order chi connectivity index (χ0) is 71.0. The van der Waals surface area contributed by atoms with Crippen molar-refractivity contribution < 1.29 is 80.2 Å². The topological polar surface area (TPSA) is 237 Å². The van der Waals surface area contributed by atoms with Gasteiger partial charge in [0.1, 0.15) is 19.3 Å². The van der Waals surface area contributed by atoms with Crippen LogP contribution in [-0.4, -0.2) is 96.7 Å². The fourth-order valence-electron chi connectivity index (χ4n) is 11.7. The predicted octanol–water partition coefficient (Wildman–Crippen LogP) is 22.4. The standard InChI is InChI=1S/C77H150O17P2/c1-9-70(8)56-48-40-31-25-21-22-28-34-44-52-60-77(82)93-72(63-87-74(79)57-49-41-32-26-19-15-11-10-13-17-23-29-37-45-53-67(2)3)65-91-95(83,84)89-61-71(78)62-90-96(85,86)92-66-73(64-88-75(80)58-50-42-36-35-39-47-55-69(6)7)94-76(81)59-51-43-33-27-20-16-12-14-18-24-30-38-46-54-68(4)5/h67-73,78H,9-66H2,1-8H3,(H,83,84)(H,85,86)/t70?,71-,72-,73-/m1/s1. The van der Waals surface area contributed by atoms with E-state index in [-0.39, 0.29) is 25.7 Å². The van der Waals surface area contributed by atoms with E-state index in [0.29, 0.717) is 31.6 Å². The molecule has 0 saturated heterocycles. The molecule has 0 fully saturated rings. The Bertz CT molecular complexity index is 1890. The number of aliphatic hydroxyl groups excluding tert-OH is 1. The number of phosphoric acid groups is 2. The van der Waals surface area contributed by atoms with E-state index in [9.17, 15) is 43.2 Å². The molecule has 3 N–H and O–H groups in total. The van der Waals surface area contributed by atoms with Crippen LogP contribution in [0.5, 0.6) is 0 Å². The lowest BCUT2D eigenvalue weighted by molar-refractivity contribution is -0.161. The van der Waals surface area contributed by atoms with Crippen molar-refractivity contribution in [2.75, 3.05) is 39.6 Å². The number of unbranched alkanes of at least 4 members (excludes halogenated alkanes) is 39. The van der Waals surface area contributed by atoms with Gasteiger partial charge in [-0.2, -0.15) is 0 Å². The van der Waals surface area contributed by atoms with Crippen molar-refractivity contribution in [3.8, 4) is 0 Å². The quantitative estimate of drug-likeness (QED) is 0.0222. The van der Waals surface area contributed by atoms with Gasteiger partial charge in [-0.15, -0.1) is 0 Å². The number of hydrogen-bond donors (Lipinski definition) is 3. The van der Waals surface area contributed by atoms with Crippen LogP contribution in [0.25, 0.3) is 0 Å². The van der Waals surface area contributed by atoms with E-state index in [1.54, 1.807) is 0 Å². The molecule has 0 radical (unpaired) electrons. The Balaban J connectivity index is 5.23. The highest BCUT2D eigenvalue weighted by Gasteiger charge is 2.30. The van der Waals surface area contributed by atoms with Gasteiger partial charge in [0, 0.05) is 25.7 Å². The van der Waals surface area contributed by atoms with Gasteiger partial charge in [0.2, 0.25) is 0 Å². The molecule has 0 aliphatic rings. The van der Waals surface area contributed by atoms with E-state index in [4.69, 9.17) is 37.0 Å². The van der Waals surface area contributed by atoms with Crippen LogP contribution >= 0.6 is 15.6 Å². The average molecular weight is 1410 g/mol. The maximum absolute atomic E-state index is 13.1. The predicted molar refractivity (Wildman–Crippen MR) is 391 cm³/mol. The fourth-order valence-corrected chi connectivity index (χ4v) is 13.3. The minimum atomic E-state index is -4.96. The second-order valence-electron chi connectivity index (χ2n) is 29.4. The lowest BCUT2D eigenvalue weighted by Gasteiger charge is -2.21. The molecule has 0 aromatic heterocycles. The maximum Gasteiger partial charge on any atom is 0.472 e. The van der Waals surface area contributed by atoms with Crippen molar-refractivity contribution in [3.63, 3.8) is 0 Å². The number of esters is 4. The van der Waals surface area contributed by atoms with Crippen LogP contribution in [0.1, 0.15) is 389 Å². The second kappa shape index (κ2) is 66.3. The Morgan fingerprint density at radius 1 is 0.292 bits per heavy atom. The molecule has 17 nitrogen and oxygen atoms in total. The molecule has 0 bridgehead atoms. The molecule has 96 heavy (non-hydrogen) atoms. The van der Waals surface area contributed by atoms with E-state index in [1.165, 1.54) is 186 Å². The molecule has 0 saturated carbocycles. The molecule has 0 aromatic carbocycles. The molecular weight excluding hydrogens is 1260 g/mol. The molecule has 570 valence electrons. The molecule has 0 aliphatic heterocycles. The van der Waals surface area contributed by atoms with Crippen molar-refractivity contribution in [2.24, 2.45) is 23.7 Å². The molecule has 0 heterocycles. The average Bonchev–Trinajstić information content (AvgIpc) is 1.43. The number of carbonyl (C=O) groups excluding carboxylic acids is 4. The minimum Gasteiger partial charge on any atom is -0.462 e. The molecule has 3 unspecified atom stereocenters. The molecule has 0 amide bonds. The number of aliphatic hydroxyl groups is 1.